The van der Waals surface area contributed by atoms with Crippen molar-refractivity contribution in [3.8, 4) is 5.75 Å². The van der Waals surface area contributed by atoms with Crippen LogP contribution in [0.4, 0.5) is 17.1 Å². The standard InChI is InChI=1S/C21H16N4O6/c1-30-19-5-3-2-4-18(19)21(27)31-24-16-10-8-15(9-11-16)22-23-20(26)14-6-12-17(13-7-14)25(28)29/h2-13,24H,1H3. The van der Waals surface area contributed by atoms with Crippen LogP contribution in [-0.4, -0.2) is 23.9 Å². The van der Waals surface area contributed by atoms with Crippen LogP contribution in [0.5, 0.6) is 5.75 Å². The maximum absolute atomic E-state index is 12.2. The van der Waals surface area contributed by atoms with E-state index in [2.05, 4.69) is 15.7 Å². The Labute approximate surface area is 176 Å². The molecular formula is C21H16N4O6. The van der Waals surface area contributed by atoms with Gasteiger partial charge in [0.1, 0.15) is 11.3 Å². The fourth-order valence-corrected chi connectivity index (χ4v) is 2.46. The number of amides is 1. The molecule has 3 rings (SSSR count). The molecule has 0 aromatic heterocycles. The van der Waals surface area contributed by atoms with Gasteiger partial charge in [-0.3, -0.25) is 14.9 Å². The molecule has 0 radical (unpaired) electrons. The molecule has 0 aliphatic carbocycles. The summed E-state index contributed by atoms with van der Waals surface area (Å²) in [6.07, 6.45) is 0. The lowest BCUT2D eigenvalue weighted by atomic mass is 10.2. The van der Waals surface area contributed by atoms with Crippen LogP contribution in [0.3, 0.4) is 0 Å². The van der Waals surface area contributed by atoms with Crippen LogP contribution in [0.15, 0.2) is 83.0 Å². The van der Waals surface area contributed by atoms with Crippen molar-refractivity contribution >= 4 is 28.9 Å². The van der Waals surface area contributed by atoms with Crippen LogP contribution >= 0.6 is 0 Å². The minimum Gasteiger partial charge on any atom is -0.496 e. The zero-order valence-corrected chi connectivity index (χ0v) is 16.2. The second-order valence-electron chi connectivity index (χ2n) is 6.05. The summed E-state index contributed by atoms with van der Waals surface area (Å²) in [5.41, 5.74) is 3.71. The van der Waals surface area contributed by atoms with Crippen LogP contribution < -0.4 is 10.2 Å². The summed E-state index contributed by atoms with van der Waals surface area (Å²) in [5, 5.41) is 18.1. The number of hydrogen-bond donors (Lipinski definition) is 1. The Kier molecular flexibility index (Phi) is 6.64. The van der Waals surface area contributed by atoms with Gasteiger partial charge < -0.3 is 9.57 Å². The van der Waals surface area contributed by atoms with Crippen molar-refractivity contribution in [2.24, 2.45) is 10.2 Å². The van der Waals surface area contributed by atoms with Crippen molar-refractivity contribution < 1.29 is 24.1 Å². The molecule has 1 N–H and O–H groups in total. The van der Waals surface area contributed by atoms with Crippen molar-refractivity contribution in [3.05, 3.63) is 94.0 Å². The maximum Gasteiger partial charge on any atom is 0.366 e. The molecule has 3 aromatic rings. The minimum absolute atomic E-state index is 0.122. The molecule has 10 nitrogen and oxygen atoms in total. The number of methoxy groups -OCH3 is 1. The molecule has 31 heavy (non-hydrogen) atoms. The first-order chi connectivity index (χ1) is 15.0. The summed E-state index contributed by atoms with van der Waals surface area (Å²) in [6.45, 7) is 0. The average molecular weight is 420 g/mol. The highest BCUT2D eigenvalue weighted by Crippen LogP contribution is 2.20. The summed E-state index contributed by atoms with van der Waals surface area (Å²) >= 11 is 0. The van der Waals surface area contributed by atoms with E-state index in [1.807, 2.05) is 0 Å². The van der Waals surface area contributed by atoms with E-state index in [4.69, 9.17) is 9.57 Å². The molecule has 0 spiro atoms. The molecular weight excluding hydrogens is 404 g/mol. The van der Waals surface area contributed by atoms with E-state index in [-0.39, 0.29) is 16.8 Å². The van der Waals surface area contributed by atoms with Crippen molar-refractivity contribution in [2.75, 3.05) is 12.6 Å². The third-order valence-electron chi connectivity index (χ3n) is 4.04. The zero-order valence-electron chi connectivity index (χ0n) is 16.2. The van der Waals surface area contributed by atoms with Crippen LogP contribution in [0.1, 0.15) is 20.7 Å². The summed E-state index contributed by atoms with van der Waals surface area (Å²) in [5.74, 6) is -0.861. The smallest absolute Gasteiger partial charge is 0.366 e. The largest absolute Gasteiger partial charge is 0.496 e. The fourth-order valence-electron chi connectivity index (χ4n) is 2.46. The lowest BCUT2D eigenvalue weighted by molar-refractivity contribution is -0.384. The van der Waals surface area contributed by atoms with Gasteiger partial charge >= 0.3 is 5.97 Å². The number of rotatable bonds is 7. The first-order valence-electron chi connectivity index (χ1n) is 8.88. The van der Waals surface area contributed by atoms with Crippen LogP contribution in [-0.2, 0) is 4.84 Å². The first kappa shape index (κ1) is 21.1. The maximum atomic E-state index is 12.2. The molecule has 0 fully saturated rings. The van der Waals surface area contributed by atoms with Gasteiger partial charge in [0.25, 0.3) is 11.6 Å². The van der Waals surface area contributed by atoms with Gasteiger partial charge in [-0.05, 0) is 48.5 Å². The molecule has 0 aliphatic rings. The number of ether oxygens (including phenoxy) is 1. The summed E-state index contributed by atoms with van der Waals surface area (Å²) in [4.78, 5) is 39.3. The van der Waals surface area contributed by atoms with Gasteiger partial charge in [-0.1, -0.05) is 12.1 Å². The monoisotopic (exact) mass is 420 g/mol. The van der Waals surface area contributed by atoms with Crippen LogP contribution in [0.2, 0.25) is 0 Å². The molecule has 0 saturated heterocycles. The number of nitrogens with one attached hydrogen (secondary N) is 1. The molecule has 0 aliphatic heterocycles. The fraction of sp³-hybridized carbons (Fsp3) is 0.0476. The van der Waals surface area contributed by atoms with E-state index >= 15 is 0 Å². The Hall–Kier alpha value is -4.60. The average Bonchev–Trinajstić information content (AvgIpc) is 2.81. The molecule has 0 heterocycles. The number of nitro groups is 1. The zero-order chi connectivity index (χ0) is 22.2. The minimum atomic E-state index is -0.636. The summed E-state index contributed by atoms with van der Waals surface area (Å²) < 4.78 is 5.12. The highest BCUT2D eigenvalue weighted by atomic mass is 16.7. The van der Waals surface area contributed by atoms with Crippen molar-refractivity contribution in [1.29, 1.82) is 0 Å². The molecule has 0 atom stereocenters. The predicted molar refractivity (Wildman–Crippen MR) is 110 cm³/mol. The number of benzene rings is 3. The van der Waals surface area contributed by atoms with E-state index in [9.17, 15) is 19.7 Å². The van der Waals surface area contributed by atoms with Gasteiger partial charge in [-0.2, -0.15) is 0 Å². The number of non-ortho nitro benzene ring substituents is 1. The normalized spacial score (nSPS) is 10.5. The molecule has 3 aromatic carbocycles. The lowest BCUT2D eigenvalue weighted by Crippen LogP contribution is -2.11. The number of para-hydroxylation sites is 1. The van der Waals surface area contributed by atoms with Gasteiger partial charge in [0.05, 0.1) is 23.4 Å². The third kappa shape index (κ3) is 5.48. The number of nitro benzene ring substituents is 1. The summed E-state index contributed by atoms with van der Waals surface area (Å²) in [6, 6.07) is 18.0. The lowest BCUT2D eigenvalue weighted by Gasteiger charge is -2.09. The Morgan fingerprint density at radius 3 is 2.29 bits per heavy atom. The SMILES string of the molecule is COc1ccccc1C(=O)ONc1ccc(N=NC(=O)c2ccc([N+](=O)[O-])cc2)cc1. The third-order valence-corrected chi connectivity index (χ3v) is 4.04. The van der Waals surface area contributed by atoms with Crippen LogP contribution in [0.25, 0.3) is 0 Å². The molecule has 156 valence electrons. The molecule has 0 unspecified atom stereocenters. The number of azo groups is 1. The highest BCUT2D eigenvalue weighted by molar-refractivity contribution is 5.95. The number of carbonyl (C=O) groups excluding carboxylic acids is 2. The van der Waals surface area contributed by atoms with Gasteiger partial charge in [0, 0.05) is 17.7 Å². The molecule has 10 heteroatoms. The second-order valence-corrected chi connectivity index (χ2v) is 6.05. The van der Waals surface area contributed by atoms with Crippen molar-refractivity contribution in [1.82, 2.24) is 0 Å². The highest BCUT2D eigenvalue weighted by Gasteiger charge is 2.13. The second kappa shape index (κ2) is 9.74. The number of nitrogens with zero attached hydrogens (tertiary/aromatic N) is 3. The number of anilines is 1. The molecule has 1 amide bonds. The molecule has 0 bridgehead atoms. The quantitative estimate of drug-likeness (QED) is 0.332. The Morgan fingerprint density at radius 1 is 0.968 bits per heavy atom. The van der Waals surface area contributed by atoms with Gasteiger partial charge in [-0.25, -0.2) is 10.3 Å². The predicted octanol–water partition coefficient (Wildman–Crippen LogP) is 4.71. The van der Waals surface area contributed by atoms with Gasteiger partial charge in [-0.15, -0.1) is 10.2 Å². The Bertz CT molecular complexity index is 1130. The van der Waals surface area contributed by atoms with Crippen molar-refractivity contribution in [3.63, 3.8) is 0 Å². The molecule has 0 saturated carbocycles. The van der Waals surface area contributed by atoms with Gasteiger partial charge in [0.2, 0.25) is 0 Å². The van der Waals surface area contributed by atoms with E-state index in [0.29, 0.717) is 17.1 Å². The van der Waals surface area contributed by atoms with E-state index in [0.717, 1.165) is 0 Å². The number of hydrogen-bond acceptors (Lipinski definition) is 8. The van der Waals surface area contributed by atoms with E-state index in [1.165, 1.54) is 31.4 Å². The Balaban J connectivity index is 1.57. The van der Waals surface area contributed by atoms with E-state index < -0.39 is 16.8 Å². The van der Waals surface area contributed by atoms with Crippen LogP contribution in [0, 0.1) is 10.1 Å². The Morgan fingerprint density at radius 2 is 1.65 bits per heavy atom. The topological polar surface area (TPSA) is 132 Å². The number of carbonyl (C=O) groups is 2. The van der Waals surface area contributed by atoms with Crippen molar-refractivity contribution in [2.45, 2.75) is 0 Å². The first-order valence-corrected chi connectivity index (χ1v) is 8.88. The van der Waals surface area contributed by atoms with Gasteiger partial charge in [0.15, 0.2) is 0 Å². The van der Waals surface area contributed by atoms with E-state index in [1.54, 1.807) is 48.5 Å². The summed E-state index contributed by atoms with van der Waals surface area (Å²) in [7, 11) is 1.46.